The Morgan fingerprint density at radius 3 is 1.90 bits per heavy atom. The highest BCUT2D eigenvalue weighted by Gasteiger charge is 2.49. The molecule has 2 fully saturated rings. The number of likely N-dealkylation sites (N-methyl/N-ethyl adjacent to an activating group) is 1. The smallest absolute Gasteiger partial charge is 0.475 e. The first-order valence-corrected chi connectivity index (χ1v) is 13.8. The molecule has 2 aliphatic rings. The molecule has 17 heteroatoms. The Balaban J connectivity index is 0.000000349. The van der Waals surface area contributed by atoms with E-state index in [-0.39, 0.29) is 5.54 Å². The van der Waals surface area contributed by atoms with Crippen LogP contribution in [-0.4, -0.2) is 98.9 Å². The molecule has 4 heterocycles. The summed E-state index contributed by atoms with van der Waals surface area (Å²) in [6.45, 7) is 9.54. The van der Waals surface area contributed by atoms with Gasteiger partial charge in [-0.05, 0) is 45.9 Å². The van der Waals surface area contributed by atoms with Crippen LogP contribution in [0.4, 0.5) is 26.3 Å². The van der Waals surface area contributed by atoms with Crippen molar-refractivity contribution in [3.8, 4) is 0 Å². The van der Waals surface area contributed by atoms with Gasteiger partial charge in [0.1, 0.15) is 5.54 Å². The summed E-state index contributed by atoms with van der Waals surface area (Å²) < 4.78 is 63.5. The average Bonchev–Trinajstić information content (AvgIpc) is 3.47. The summed E-state index contributed by atoms with van der Waals surface area (Å²) in [4.78, 5) is 45.4. The molecule has 1 amide bonds. The number of alkyl halides is 6. The van der Waals surface area contributed by atoms with Crippen molar-refractivity contribution in [2.75, 3.05) is 33.2 Å². The topological polar surface area (TPSA) is 114 Å². The first-order valence-electron chi connectivity index (χ1n) is 12.1. The molecule has 2 saturated heterocycles. The highest BCUT2D eigenvalue weighted by molar-refractivity contribution is 7.11. The second kappa shape index (κ2) is 13.9. The zero-order valence-electron chi connectivity index (χ0n) is 22.4. The molecule has 2 aromatic heterocycles. The van der Waals surface area contributed by atoms with E-state index in [0.29, 0.717) is 12.5 Å². The molecular weight excluding hydrogens is 602 g/mol. The van der Waals surface area contributed by atoms with Gasteiger partial charge in [0, 0.05) is 47.9 Å². The third kappa shape index (κ3) is 9.93. The van der Waals surface area contributed by atoms with Gasteiger partial charge in [0.25, 0.3) is 0 Å². The van der Waals surface area contributed by atoms with Gasteiger partial charge in [-0.2, -0.15) is 26.3 Å². The minimum absolute atomic E-state index is 0.300. The van der Waals surface area contributed by atoms with Crippen LogP contribution in [0.5, 0.6) is 0 Å². The van der Waals surface area contributed by atoms with Crippen LogP contribution in [0.2, 0.25) is 0 Å². The van der Waals surface area contributed by atoms with Gasteiger partial charge in [0.15, 0.2) is 0 Å². The maximum atomic E-state index is 13.4. The molecule has 41 heavy (non-hydrogen) atoms. The van der Waals surface area contributed by atoms with E-state index < -0.39 is 24.3 Å². The Bertz CT molecular complexity index is 1170. The third-order valence-corrected chi connectivity index (χ3v) is 8.29. The van der Waals surface area contributed by atoms with Crippen molar-refractivity contribution in [3.05, 3.63) is 38.0 Å². The van der Waals surface area contributed by atoms with Crippen LogP contribution in [0, 0.1) is 13.8 Å². The molecule has 0 aliphatic carbocycles. The van der Waals surface area contributed by atoms with Gasteiger partial charge in [-0.3, -0.25) is 14.6 Å². The Kier molecular flexibility index (Phi) is 11.7. The summed E-state index contributed by atoms with van der Waals surface area (Å²) in [5.74, 6) is -5.21. The normalized spacial score (nSPS) is 17.9. The van der Waals surface area contributed by atoms with Crippen LogP contribution >= 0.6 is 22.7 Å². The number of thiazole rings is 1. The van der Waals surface area contributed by atoms with Crippen molar-refractivity contribution in [1.82, 2.24) is 19.7 Å². The van der Waals surface area contributed by atoms with E-state index in [4.69, 9.17) is 19.8 Å². The summed E-state index contributed by atoms with van der Waals surface area (Å²) in [6, 6.07) is 4.43. The van der Waals surface area contributed by atoms with Crippen LogP contribution in [0.15, 0.2) is 17.5 Å². The molecule has 1 spiro atoms. The molecule has 2 aromatic rings. The number of piperazine rings is 1. The lowest BCUT2D eigenvalue weighted by molar-refractivity contribution is -0.193. The first-order chi connectivity index (χ1) is 18.8. The Morgan fingerprint density at radius 2 is 1.49 bits per heavy atom. The molecule has 0 atom stereocenters. The largest absolute Gasteiger partial charge is 0.490 e. The number of carbonyl (C=O) groups excluding carboxylic acids is 1. The number of hydrogen-bond donors (Lipinski definition) is 2. The molecule has 2 N–H and O–H groups in total. The van der Waals surface area contributed by atoms with Crippen molar-refractivity contribution in [2.45, 2.75) is 57.7 Å². The fourth-order valence-electron chi connectivity index (χ4n) is 4.34. The number of carboxylic acids is 2. The van der Waals surface area contributed by atoms with Crippen LogP contribution in [0.25, 0.3) is 0 Å². The molecule has 230 valence electrons. The SMILES string of the molecule is Cc1ccc(CN2CCC3(CC2)C(=O)N(Cc2csc(C)n2)CCN3C)s1.O=C(O)C(F)(F)F.O=C(O)C(F)(F)F. The van der Waals surface area contributed by atoms with Gasteiger partial charge in [-0.15, -0.1) is 22.7 Å². The van der Waals surface area contributed by atoms with Crippen LogP contribution < -0.4 is 0 Å². The second-order valence-electron chi connectivity index (χ2n) is 9.43. The third-order valence-electron chi connectivity index (χ3n) is 6.48. The van der Waals surface area contributed by atoms with E-state index in [0.717, 1.165) is 56.3 Å². The summed E-state index contributed by atoms with van der Waals surface area (Å²) in [7, 11) is 2.13. The number of likely N-dealkylation sites (tertiary alicyclic amines) is 1. The van der Waals surface area contributed by atoms with Gasteiger partial charge >= 0.3 is 24.3 Å². The standard InChI is InChI=1S/C20H28N4OS2.2C2HF3O2/c1-15-4-5-18(27-15)13-23-8-6-20(7-9-23)19(25)24(11-10-22(20)3)12-17-14-26-16(2)21-17;2*3-2(4,5)1(6)7/h4-5,14H,6-13H2,1-3H3;2*(H,6,7). The summed E-state index contributed by atoms with van der Waals surface area (Å²) in [5.41, 5.74) is 0.696. The molecule has 2 aliphatic heterocycles. The molecule has 0 bridgehead atoms. The van der Waals surface area contributed by atoms with Crippen molar-refractivity contribution < 1.29 is 50.9 Å². The Morgan fingerprint density at radius 1 is 0.951 bits per heavy atom. The molecule has 0 radical (unpaired) electrons. The minimum atomic E-state index is -5.08. The molecule has 9 nitrogen and oxygen atoms in total. The molecule has 4 rings (SSSR count). The van der Waals surface area contributed by atoms with Crippen LogP contribution in [-0.2, 0) is 27.5 Å². The Labute approximate surface area is 240 Å². The van der Waals surface area contributed by atoms with E-state index in [1.807, 2.05) is 23.2 Å². The van der Waals surface area contributed by atoms with E-state index >= 15 is 0 Å². The lowest BCUT2D eigenvalue weighted by Crippen LogP contribution is -2.67. The highest BCUT2D eigenvalue weighted by Crippen LogP contribution is 2.34. The van der Waals surface area contributed by atoms with Gasteiger partial charge in [0.2, 0.25) is 5.91 Å². The molecular formula is C24H30F6N4O5S2. The second-order valence-corrected chi connectivity index (χ2v) is 11.9. The molecule has 0 aromatic carbocycles. The highest BCUT2D eigenvalue weighted by atomic mass is 32.1. The molecule has 0 saturated carbocycles. The number of amides is 1. The summed E-state index contributed by atoms with van der Waals surface area (Å²) >= 11 is 3.54. The van der Waals surface area contributed by atoms with E-state index in [1.165, 1.54) is 9.75 Å². The van der Waals surface area contributed by atoms with Crippen molar-refractivity contribution >= 4 is 40.5 Å². The number of thiophene rings is 1. The van der Waals surface area contributed by atoms with E-state index in [9.17, 15) is 31.1 Å². The zero-order valence-corrected chi connectivity index (χ0v) is 24.0. The predicted octanol–water partition coefficient (Wildman–Crippen LogP) is 4.40. The number of hydrogen-bond acceptors (Lipinski definition) is 8. The lowest BCUT2D eigenvalue weighted by atomic mass is 9.82. The fourth-order valence-corrected chi connectivity index (χ4v) is 5.87. The van der Waals surface area contributed by atoms with Gasteiger partial charge < -0.3 is 15.1 Å². The predicted molar refractivity (Wildman–Crippen MR) is 139 cm³/mol. The average molecular weight is 633 g/mol. The zero-order chi connectivity index (χ0) is 31.2. The summed E-state index contributed by atoms with van der Waals surface area (Å²) in [5, 5.41) is 17.4. The number of aryl methyl sites for hydroxylation is 2. The van der Waals surface area contributed by atoms with Gasteiger partial charge in [-0.25, -0.2) is 14.6 Å². The number of carbonyl (C=O) groups is 3. The van der Waals surface area contributed by atoms with Crippen LogP contribution in [0.3, 0.4) is 0 Å². The maximum Gasteiger partial charge on any atom is 0.490 e. The van der Waals surface area contributed by atoms with Crippen LogP contribution in [0.1, 0.15) is 33.3 Å². The number of carboxylic acid groups (broad SMARTS) is 2. The lowest BCUT2D eigenvalue weighted by Gasteiger charge is -2.51. The number of halogens is 6. The first kappa shape index (κ1) is 34.4. The van der Waals surface area contributed by atoms with Crippen molar-refractivity contribution in [3.63, 3.8) is 0 Å². The summed E-state index contributed by atoms with van der Waals surface area (Å²) in [6.07, 6.45) is -8.33. The number of nitrogens with zero attached hydrogens (tertiary/aromatic N) is 4. The van der Waals surface area contributed by atoms with E-state index in [1.54, 1.807) is 11.3 Å². The Hall–Kier alpha value is -2.76. The number of rotatable bonds is 4. The van der Waals surface area contributed by atoms with Gasteiger partial charge in [-0.1, -0.05) is 0 Å². The van der Waals surface area contributed by atoms with Crippen molar-refractivity contribution in [2.24, 2.45) is 0 Å². The minimum Gasteiger partial charge on any atom is -0.475 e. The van der Waals surface area contributed by atoms with Crippen molar-refractivity contribution in [1.29, 1.82) is 0 Å². The fraction of sp³-hybridized carbons (Fsp3) is 0.583. The number of piperidine rings is 1. The number of aliphatic carboxylic acids is 2. The monoisotopic (exact) mass is 632 g/mol. The maximum absolute atomic E-state index is 13.4. The van der Waals surface area contributed by atoms with Gasteiger partial charge in [0.05, 0.1) is 17.2 Å². The van der Waals surface area contributed by atoms with E-state index in [2.05, 4.69) is 46.3 Å². The quantitative estimate of drug-likeness (QED) is 0.477. The molecule has 0 unspecified atom stereocenters. The number of aromatic nitrogens is 1.